The van der Waals surface area contributed by atoms with Crippen molar-refractivity contribution in [2.24, 2.45) is 0 Å². The SMILES string of the molecule is COc1cc(C)c2c(c1OC)[C@H](O)CCC2C. The van der Waals surface area contributed by atoms with Crippen molar-refractivity contribution in [2.45, 2.75) is 38.7 Å². The highest BCUT2D eigenvalue weighted by molar-refractivity contribution is 5.57. The minimum absolute atomic E-state index is 0.440. The van der Waals surface area contributed by atoms with Crippen molar-refractivity contribution in [2.75, 3.05) is 14.2 Å². The summed E-state index contributed by atoms with van der Waals surface area (Å²) in [7, 11) is 3.25. The molecule has 1 aromatic rings. The molecule has 0 heterocycles. The Hall–Kier alpha value is -1.22. The van der Waals surface area contributed by atoms with E-state index in [1.807, 2.05) is 6.07 Å². The summed E-state index contributed by atoms with van der Waals surface area (Å²) >= 11 is 0. The zero-order valence-electron chi connectivity index (χ0n) is 10.9. The number of fused-ring (bicyclic) bond motifs is 1. The number of benzene rings is 1. The van der Waals surface area contributed by atoms with Crippen LogP contribution in [0.25, 0.3) is 0 Å². The third-order valence-electron chi connectivity index (χ3n) is 3.65. The zero-order chi connectivity index (χ0) is 12.6. The van der Waals surface area contributed by atoms with Gasteiger partial charge in [0.15, 0.2) is 11.5 Å². The Kier molecular flexibility index (Phi) is 3.29. The topological polar surface area (TPSA) is 38.7 Å². The van der Waals surface area contributed by atoms with Crippen LogP contribution in [0.2, 0.25) is 0 Å². The van der Waals surface area contributed by atoms with Gasteiger partial charge in [-0.3, -0.25) is 0 Å². The molecule has 1 aliphatic rings. The molecule has 3 nitrogen and oxygen atoms in total. The van der Waals surface area contributed by atoms with E-state index in [1.165, 1.54) is 11.1 Å². The number of methoxy groups -OCH3 is 2. The first-order valence-corrected chi connectivity index (χ1v) is 6.03. The number of aliphatic hydroxyl groups is 1. The van der Waals surface area contributed by atoms with Crippen LogP contribution in [-0.4, -0.2) is 19.3 Å². The summed E-state index contributed by atoms with van der Waals surface area (Å²) in [4.78, 5) is 0. The summed E-state index contributed by atoms with van der Waals surface area (Å²) < 4.78 is 10.8. The molecule has 2 rings (SSSR count). The second-order valence-electron chi connectivity index (χ2n) is 4.75. The van der Waals surface area contributed by atoms with Gasteiger partial charge in [0.1, 0.15) is 0 Å². The number of rotatable bonds is 2. The van der Waals surface area contributed by atoms with Gasteiger partial charge in [0, 0.05) is 5.56 Å². The molecule has 0 amide bonds. The molecule has 0 aromatic heterocycles. The lowest BCUT2D eigenvalue weighted by molar-refractivity contribution is 0.146. The van der Waals surface area contributed by atoms with Crippen LogP contribution in [-0.2, 0) is 0 Å². The highest BCUT2D eigenvalue weighted by Gasteiger charge is 2.30. The summed E-state index contributed by atoms with van der Waals surface area (Å²) in [5.41, 5.74) is 3.31. The molecule has 0 saturated heterocycles. The normalized spacial score (nSPS) is 23.1. The van der Waals surface area contributed by atoms with Crippen molar-refractivity contribution >= 4 is 0 Å². The Morgan fingerprint density at radius 3 is 2.47 bits per heavy atom. The van der Waals surface area contributed by atoms with Crippen LogP contribution in [0.4, 0.5) is 0 Å². The largest absolute Gasteiger partial charge is 0.493 e. The van der Waals surface area contributed by atoms with Gasteiger partial charge < -0.3 is 14.6 Å². The molecule has 2 atom stereocenters. The fourth-order valence-corrected chi connectivity index (χ4v) is 2.85. The van der Waals surface area contributed by atoms with E-state index in [2.05, 4.69) is 13.8 Å². The Bertz CT molecular complexity index is 426. The van der Waals surface area contributed by atoms with E-state index in [9.17, 15) is 5.11 Å². The Morgan fingerprint density at radius 1 is 1.18 bits per heavy atom. The Labute approximate surface area is 102 Å². The average molecular weight is 236 g/mol. The fourth-order valence-electron chi connectivity index (χ4n) is 2.85. The molecule has 0 aliphatic heterocycles. The maximum Gasteiger partial charge on any atom is 0.166 e. The van der Waals surface area contributed by atoms with Crippen LogP contribution >= 0.6 is 0 Å². The first-order chi connectivity index (χ1) is 8.10. The van der Waals surface area contributed by atoms with Gasteiger partial charge in [-0.15, -0.1) is 0 Å². The number of aryl methyl sites for hydroxylation is 1. The summed E-state index contributed by atoms with van der Waals surface area (Å²) in [5.74, 6) is 1.86. The first kappa shape index (κ1) is 12.2. The summed E-state index contributed by atoms with van der Waals surface area (Å²) in [6.45, 7) is 4.26. The number of ether oxygens (including phenoxy) is 2. The van der Waals surface area contributed by atoms with Crippen molar-refractivity contribution < 1.29 is 14.6 Å². The standard InChI is InChI=1S/C14H20O3/c1-8-5-6-10(15)13-12(8)9(2)7-11(16-3)14(13)17-4/h7-8,10,15H,5-6H2,1-4H3/t8?,10-/m1/s1. The molecule has 1 N–H and O–H groups in total. The Morgan fingerprint density at radius 2 is 1.88 bits per heavy atom. The molecule has 0 saturated carbocycles. The maximum absolute atomic E-state index is 10.2. The predicted molar refractivity (Wildman–Crippen MR) is 66.9 cm³/mol. The maximum atomic E-state index is 10.2. The second kappa shape index (κ2) is 4.57. The highest BCUT2D eigenvalue weighted by atomic mass is 16.5. The van der Waals surface area contributed by atoms with Gasteiger partial charge in [-0.25, -0.2) is 0 Å². The van der Waals surface area contributed by atoms with Gasteiger partial charge >= 0.3 is 0 Å². The van der Waals surface area contributed by atoms with Gasteiger partial charge in [-0.2, -0.15) is 0 Å². The average Bonchev–Trinajstić information content (AvgIpc) is 2.32. The van der Waals surface area contributed by atoms with Crippen molar-refractivity contribution in [3.8, 4) is 11.5 Å². The van der Waals surface area contributed by atoms with E-state index in [-0.39, 0.29) is 0 Å². The first-order valence-electron chi connectivity index (χ1n) is 6.03. The lowest BCUT2D eigenvalue weighted by Crippen LogP contribution is -2.16. The van der Waals surface area contributed by atoms with Crippen molar-refractivity contribution in [1.82, 2.24) is 0 Å². The van der Waals surface area contributed by atoms with Gasteiger partial charge in [0.25, 0.3) is 0 Å². The Balaban J connectivity index is 2.70. The smallest absolute Gasteiger partial charge is 0.166 e. The van der Waals surface area contributed by atoms with Crippen molar-refractivity contribution in [3.05, 3.63) is 22.8 Å². The molecule has 1 unspecified atom stereocenters. The van der Waals surface area contributed by atoms with Gasteiger partial charge in [0.05, 0.1) is 20.3 Å². The number of aliphatic hydroxyl groups excluding tert-OH is 1. The van der Waals surface area contributed by atoms with Crippen LogP contribution < -0.4 is 9.47 Å². The van der Waals surface area contributed by atoms with E-state index in [4.69, 9.17) is 9.47 Å². The van der Waals surface area contributed by atoms with Crippen molar-refractivity contribution in [1.29, 1.82) is 0 Å². The van der Waals surface area contributed by atoms with Crippen LogP contribution in [0, 0.1) is 6.92 Å². The quantitative estimate of drug-likeness (QED) is 0.858. The third-order valence-corrected chi connectivity index (χ3v) is 3.65. The zero-order valence-corrected chi connectivity index (χ0v) is 10.9. The lowest BCUT2D eigenvalue weighted by atomic mass is 9.79. The molecule has 0 fully saturated rings. The van der Waals surface area contributed by atoms with Crippen molar-refractivity contribution in [3.63, 3.8) is 0 Å². The predicted octanol–water partition coefficient (Wildman–Crippen LogP) is 2.94. The molecular weight excluding hydrogens is 216 g/mol. The second-order valence-corrected chi connectivity index (χ2v) is 4.75. The van der Waals surface area contributed by atoms with E-state index in [0.29, 0.717) is 17.4 Å². The molecular formula is C14H20O3. The molecule has 0 spiro atoms. The van der Waals surface area contributed by atoms with E-state index in [1.54, 1.807) is 14.2 Å². The summed E-state index contributed by atoms with van der Waals surface area (Å²) in [5, 5.41) is 10.2. The van der Waals surface area contributed by atoms with Crippen LogP contribution in [0.5, 0.6) is 11.5 Å². The molecule has 1 aliphatic carbocycles. The molecule has 0 radical (unpaired) electrons. The van der Waals surface area contributed by atoms with Gasteiger partial charge in [-0.05, 0) is 42.9 Å². The number of hydrogen-bond donors (Lipinski definition) is 1. The van der Waals surface area contributed by atoms with E-state index >= 15 is 0 Å². The monoisotopic (exact) mass is 236 g/mol. The van der Waals surface area contributed by atoms with Gasteiger partial charge in [-0.1, -0.05) is 6.92 Å². The van der Waals surface area contributed by atoms with Crippen LogP contribution in [0.1, 0.15) is 48.5 Å². The van der Waals surface area contributed by atoms with Crippen LogP contribution in [0.15, 0.2) is 6.07 Å². The summed E-state index contributed by atoms with van der Waals surface area (Å²) in [6, 6.07) is 1.99. The molecule has 1 aromatic carbocycles. The van der Waals surface area contributed by atoms with Crippen LogP contribution in [0.3, 0.4) is 0 Å². The highest BCUT2D eigenvalue weighted by Crippen LogP contribution is 2.47. The molecule has 3 heteroatoms. The van der Waals surface area contributed by atoms with E-state index < -0.39 is 6.10 Å². The molecule has 17 heavy (non-hydrogen) atoms. The fraction of sp³-hybridized carbons (Fsp3) is 0.571. The number of hydrogen-bond acceptors (Lipinski definition) is 3. The molecule has 0 bridgehead atoms. The van der Waals surface area contributed by atoms with Gasteiger partial charge in [0.2, 0.25) is 0 Å². The third kappa shape index (κ3) is 1.89. The minimum atomic E-state index is -0.440. The summed E-state index contributed by atoms with van der Waals surface area (Å²) in [6.07, 6.45) is 1.37. The molecule has 94 valence electrons. The lowest BCUT2D eigenvalue weighted by Gasteiger charge is -2.30. The minimum Gasteiger partial charge on any atom is -0.493 e. The van der Waals surface area contributed by atoms with E-state index in [0.717, 1.165) is 18.4 Å².